The molecule has 16 valence electrons. The molecule has 0 radical (unpaired) electrons. The van der Waals surface area contributed by atoms with Crippen LogP contribution in [0.1, 0.15) is 0 Å². The molecule has 4 heavy (non-hydrogen) atoms. The fourth-order valence-electron chi connectivity index (χ4n) is 0. The van der Waals surface area contributed by atoms with Gasteiger partial charge in [-0.15, -0.1) is 0 Å². The summed E-state index contributed by atoms with van der Waals surface area (Å²) < 4.78 is 0. The Morgan fingerprint density at radius 3 is 1.25 bits per heavy atom. The Morgan fingerprint density at radius 1 is 1.25 bits per heavy atom. The van der Waals surface area contributed by atoms with Gasteiger partial charge in [-0.2, -0.15) is 0 Å². The third-order valence-electron chi connectivity index (χ3n) is 0. The summed E-state index contributed by atoms with van der Waals surface area (Å²) >= 11 is 0. The van der Waals surface area contributed by atoms with Crippen LogP contribution in [0.25, 0.3) is 6.15 Å². The summed E-state index contributed by atoms with van der Waals surface area (Å²) in [5.41, 5.74) is 0. The number of rotatable bonds is 0. The van der Waals surface area contributed by atoms with Crippen LogP contribution in [0, 0.1) is 5.16 Å². The van der Waals surface area contributed by atoms with Crippen molar-refractivity contribution in [1.29, 1.82) is 5.16 Å². The van der Waals surface area contributed by atoms with E-state index in [0.29, 0.717) is 0 Å². The number of hydrogen-bond donors (Lipinski definition) is 0. The van der Waals surface area contributed by atoms with Gasteiger partial charge in [0.25, 0.3) is 0 Å². The molecule has 0 unspecified atom stereocenters. The van der Waals surface area contributed by atoms with Crippen LogP contribution in [-0.4, -0.2) is 24.8 Å². The maximum Gasteiger partial charge on any atom is 3.00 e. The molecule has 0 aromatic heterocycles. The summed E-state index contributed by atoms with van der Waals surface area (Å²) in [6.07, 6.45) is 0. The van der Waals surface area contributed by atoms with Crippen LogP contribution < -0.4 is 0 Å². The summed E-state index contributed by atoms with van der Waals surface area (Å²) in [5.74, 6) is 0. The SMILES string of the molecule is B#N.[Al+3].[N-3]. The van der Waals surface area contributed by atoms with E-state index in [-0.39, 0.29) is 23.5 Å². The summed E-state index contributed by atoms with van der Waals surface area (Å²) in [4.78, 5) is 0. The molecule has 0 aliphatic rings. The van der Waals surface area contributed by atoms with E-state index >= 15 is 0 Å². The molecule has 2 nitrogen and oxygen atoms in total. The molecular formula is AlBN2. The van der Waals surface area contributed by atoms with E-state index in [2.05, 4.69) is 7.49 Å². The van der Waals surface area contributed by atoms with Gasteiger partial charge in [-0.1, -0.05) is 0 Å². The third-order valence-corrected chi connectivity index (χ3v) is 0. The molecule has 0 fully saturated rings. The van der Waals surface area contributed by atoms with Crippen LogP contribution in [0.5, 0.6) is 0 Å². The quantitative estimate of drug-likeness (QED) is 0.353. The van der Waals surface area contributed by atoms with Crippen LogP contribution in [-0.2, 0) is 0 Å². The van der Waals surface area contributed by atoms with Crippen molar-refractivity contribution in [3.63, 3.8) is 0 Å². The van der Waals surface area contributed by atoms with E-state index in [4.69, 9.17) is 5.16 Å². The Kier molecular flexibility index (Phi) is 1670. The minimum atomic E-state index is 0. The van der Waals surface area contributed by atoms with Gasteiger partial charge in [0.1, 0.15) is 0 Å². The number of hydrogen-bond acceptors (Lipinski definition) is 1. The molecule has 0 aliphatic carbocycles. The second kappa shape index (κ2) is 235. The van der Waals surface area contributed by atoms with E-state index < -0.39 is 0 Å². The molecule has 0 amide bonds. The Morgan fingerprint density at radius 2 is 1.25 bits per heavy atom. The van der Waals surface area contributed by atoms with E-state index in [1.807, 2.05) is 0 Å². The van der Waals surface area contributed by atoms with Crippen molar-refractivity contribution in [2.45, 2.75) is 0 Å². The molecule has 4 heteroatoms. The zero-order chi connectivity index (χ0) is 2.00. The Balaban J connectivity index is -0.00000000500. The van der Waals surface area contributed by atoms with Crippen LogP contribution in [0.15, 0.2) is 0 Å². The monoisotopic (exact) mass is 66.0 g/mol. The fourth-order valence-corrected chi connectivity index (χ4v) is 0. The van der Waals surface area contributed by atoms with Crippen molar-refractivity contribution >= 4 is 24.8 Å². The van der Waals surface area contributed by atoms with E-state index in [1.165, 1.54) is 0 Å². The first kappa shape index (κ1) is 28.4. The molecule has 0 aromatic rings. The fraction of sp³-hybridized carbons (Fsp3) is 0. The molecular weight excluding hydrogens is 65.8 g/mol. The van der Waals surface area contributed by atoms with Crippen LogP contribution in [0.2, 0.25) is 0 Å². The minimum Gasteiger partial charge on any atom is -3.00 e. The standard InChI is InChI=1S/Al.BN.N/c;1-2;/q+3;;-3. The molecule has 0 heterocycles. The maximum atomic E-state index is 6.50. The topological polar surface area (TPSA) is 54.3 Å². The minimum absolute atomic E-state index is 0. The predicted molar refractivity (Wildman–Crippen MR) is 16.6 cm³/mol. The number of nitrogens with zero attached hydrogens (tertiary/aromatic N) is 2. The van der Waals surface area contributed by atoms with Gasteiger partial charge >= 0.3 is 30.0 Å². The molecule has 0 saturated heterocycles. The zero-order valence-corrected chi connectivity index (χ0v) is 3.20. The van der Waals surface area contributed by atoms with Crippen molar-refractivity contribution in [3.8, 4) is 0 Å². The van der Waals surface area contributed by atoms with Gasteiger partial charge in [0.05, 0.1) is 0 Å². The Labute approximate surface area is 36.9 Å². The maximum absolute atomic E-state index is 6.50. The molecule has 0 spiro atoms. The first-order valence-corrected chi connectivity index (χ1v) is 0.258. The van der Waals surface area contributed by atoms with Crippen molar-refractivity contribution < 1.29 is 0 Å². The third kappa shape index (κ3) is 50.9. The average Bonchev–Trinajstić information content (AvgIpc) is 1.00. The Hall–Kier alpha value is 0.267. The van der Waals surface area contributed by atoms with Gasteiger partial charge in [-0.25, -0.2) is 0 Å². The van der Waals surface area contributed by atoms with Crippen LogP contribution in [0.4, 0.5) is 0 Å². The van der Waals surface area contributed by atoms with Crippen LogP contribution >= 0.6 is 0 Å². The van der Waals surface area contributed by atoms with Crippen molar-refractivity contribution in [2.75, 3.05) is 0 Å². The molecule has 0 rings (SSSR count). The van der Waals surface area contributed by atoms with Crippen molar-refractivity contribution in [2.24, 2.45) is 0 Å². The summed E-state index contributed by atoms with van der Waals surface area (Å²) in [7, 11) is 3.50. The largest absolute Gasteiger partial charge is 3.00 e. The zero-order valence-electron chi connectivity index (χ0n) is 2.05. The smallest absolute Gasteiger partial charge is 3.00 e. The van der Waals surface area contributed by atoms with E-state index in [1.54, 1.807) is 0 Å². The molecule has 0 atom stereocenters. The van der Waals surface area contributed by atoms with Gasteiger partial charge in [0, 0.05) is 0 Å². The molecule has 0 aliphatic heterocycles. The van der Waals surface area contributed by atoms with Gasteiger partial charge in [-0.05, 0) is 0 Å². The van der Waals surface area contributed by atoms with E-state index in [9.17, 15) is 0 Å². The molecule has 0 N–H and O–H groups in total. The van der Waals surface area contributed by atoms with Gasteiger partial charge in [0.2, 0.25) is 0 Å². The van der Waals surface area contributed by atoms with Gasteiger partial charge in [-0.3, -0.25) is 0 Å². The first-order valence-electron chi connectivity index (χ1n) is 0.258. The first-order chi connectivity index (χ1) is 1.00. The molecule has 0 bridgehead atoms. The Bertz CT molecular complexity index is 10.8. The summed E-state index contributed by atoms with van der Waals surface area (Å²) in [5, 5.41) is 6.50. The van der Waals surface area contributed by atoms with Crippen LogP contribution in [0.3, 0.4) is 0 Å². The normalized spacial score (nSPS) is 1.25. The predicted octanol–water partition coefficient (Wildman–Crippen LogP) is -0.458. The average molecular weight is 65.8 g/mol. The summed E-state index contributed by atoms with van der Waals surface area (Å²) in [6.45, 7) is 0. The van der Waals surface area contributed by atoms with Crippen molar-refractivity contribution in [3.05, 3.63) is 6.15 Å². The van der Waals surface area contributed by atoms with Gasteiger partial charge < -0.3 is 6.15 Å². The second-order valence-electron chi connectivity index (χ2n) is 0. The van der Waals surface area contributed by atoms with Crippen molar-refractivity contribution in [1.82, 2.24) is 0 Å². The van der Waals surface area contributed by atoms with E-state index in [0.717, 1.165) is 0 Å². The van der Waals surface area contributed by atoms with Gasteiger partial charge in [0.15, 0.2) is 0 Å². The summed E-state index contributed by atoms with van der Waals surface area (Å²) in [6, 6.07) is 0. The second-order valence-corrected chi connectivity index (χ2v) is 0. The molecule has 0 aromatic carbocycles. The molecule has 0 saturated carbocycles.